The van der Waals surface area contributed by atoms with E-state index in [-0.39, 0.29) is 5.78 Å². The standard InChI is InChI=1S/C7H10O3/c1-5(3-8)7(10)6(2)4-9/h3-6H,1-2H3. The highest BCUT2D eigenvalue weighted by atomic mass is 16.2. The van der Waals surface area contributed by atoms with Crippen LogP contribution < -0.4 is 0 Å². The molecule has 56 valence electrons. The fourth-order valence-corrected chi connectivity index (χ4v) is 0.549. The number of ketones is 1. The van der Waals surface area contributed by atoms with Gasteiger partial charge in [0.15, 0.2) is 5.78 Å². The van der Waals surface area contributed by atoms with Crippen LogP contribution >= 0.6 is 0 Å². The highest BCUT2D eigenvalue weighted by molar-refractivity contribution is 6.01. The molecule has 0 aromatic heterocycles. The highest BCUT2D eigenvalue weighted by Gasteiger charge is 2.17. The summed E-state index contributed by atoms with van der Waals surface area (Å²) in [6.07, 6.45) is 1.09. The molecule has 3 nitrogen and oxygen atoms in total. The minimum Gasteiger partial charge on any atom is -0.303 e. The third-order valence-corrected chi connectivity index (χ3v) is 1.31. The highest BCUT2D eigenvalue weighted by Crippen LogP contribution is 2.01. The topological polar surface area (TPSA) is 51.2 Å². The first-order valence-corrected chi connectivity index (χ1v) is 3.07. The zero-order valence-electron chi connectivity index (χ0n) is 6.03. The molecular weight excluding hydrogens is 132 g/mol. The number of Topliss-reactive ketones (excluding diaryl/α,β-unsaturated/α-hetero) is 1. The molecule has 0 bridgehead atoms. The van der Waals surface area contributed by atoms with E-state index in [1.165, 1.54) is 13.8 Å². The summed E-state index contributed by atoms with van der Waals surface area (Å²) in [7, 11) is 0. The van der Waals surface area contributed by atoms with Crippen molar-refractivity contribution in [1.29, 1.82) is 0 Å². The van der Waals surface area contributed by atoms with Crippen LogP contribution in [0.5, 0.6) is 0 Å². The molecule has 2 atom stereocenters. The summed E-state index contributed by atoms with van der Waals surface area (Å²) >= 11 is 0. The Morgan fingerprint density at radius 3 is 1.60 bits per heavy atom. The molecule has 3 heteroatoms. The number of carbonyl (C=O) groups is 3. The summed E-state index contributed by atoms with van der Waals surface area (Å²) in [4.78, 5) is 30.9. The van der Waals surface area contributed by atoms with Gasteiger partial charge in [-0.1, -0.05) is 0 Å². The number of carbonyl (C=O) groups excluding carboxylic acids is 3. The van der Waals surface area contributed by atoms with Crippen molar-refractivity contribution in [3.63, 3.8) is 0 Å². The van der Waals surface area contributed by atoms with Crippen molar-refractivity contribution in [3.8, 4) is 0 Å². The number of hydrogen-bond acceptors (Lipinski definition) is 3. The largest absolute Gasteiger partial charge is 0.303 e. The van der Waals surface area contributed by atoms with Gasteiger partial charge >= 0.3 is 0 Å². The second-order valence-corrected chi connectivity index (χ2v) is 2.25. The van der Waals surface area contributed by atoms with Crippen LogP contribution in [0.1, 0.15) is 13.8 Å². The maximum absolute atomic E-state index is 10.8. The second kappa shape index (κ2) is 3.93. The van der Waals surface area contributed by atoms with Gasteiger partial charge < -0.3 is 9.59 Å². The molecule has 0 spiro atoms. The maximum Gasteiger partial charge on any atom is 0.152 e. The number of rotatable bonds is 4. The molecule has 10 heavy (non-hydrogen) atoms. The number of hydrogen-bond donors (Lipinski definition) is 0. The second-order valence-electron chi connectivity index (χ2n) is 2.25. The molecule has 0 saturated carbocycles. The molecule has 0 N–H and O–H groups in total. The van der Waals surface area contributed by atoms with Crippen LogP contribution in [0.3, 0.4) is 0 Å². The van der Waals surface area contributed by atoms with Gasteiger partial charge in [0.05, 0.1) is 11.8 Å². The first-order valence-electron chi connectivity index (χ1n) is 3.07. The lowest BCUT2D eigenvalue weighted by Crippen LogP contribution is -2.21. The molecule has 0 aliphatic heterocycles. The normalized spacial score (nSPS) is 15.4. The molecule has 0 radical (unpaired) electrons. The average molecular weight is 142 g/mol. The van der Waals surface area contributed by atoms with Gasteiger partial charge in [-0.3, -0.25) is 4.79 Å². The van der Waals surface area contributed by atoms with E-state index in [1.54, 1.807) is 0 Å². The lowest BCUT2D eigenvalue weighted by Gasteiger charge is -2.03. The molecule has 0 aliphatic carbocycles. The molecule has 0 heterocycles. The fraction of sp³-hybridized carbons (Fsp3) is 0.571. The Bertz CT molecular complexity index is 135. The predicted molar refractivity (Wildman–Crippen MR) is 35.5 cm³/mol. The van der Waals surface area contributed by atoms with Crippen molar-refractivity contribution in [3.05, 3.63) is 0 Å². The van der Waals surface area contributed by atoms with Crippen molar-refractivity contribution < 1.29 is 14.4 Å². The van der Waals surface area contributed by atoms with Crippen LogP contribution in [0, 0.1) is 11.8 Å². The summed E-state index contributed by atoms with van der Waals surface area (Å²) in [5.41, 5.74) is 0. The summed E-state index contributed by atoms with van der Waals surface area (Å²) < 4.78 is 0. The number of aldehydes is 2. The molecule has 0 fully saturated rings. The van der Waals surface area contributed by atoms with Crippen molar-refractivity contribution in [2.45, 2.75) is 13.8 Å². The summed E-state index contributed by atoms with van der Waals surface area (Å²) in [6, 6.07) is 0. The van der Waals surface area contributed by atoms with Crippen molar-refractivity contribution >= 4 is 18.4 Å². The molecule has 0 aromatic rings. The molecule has 0 rings (SSSR count). The van der Waals surface area contributed by atoms with E-state index in [0.717, 1.165) is 0 Å². The van der Waals surface area contributed by atoms with Gasteiger partial charge in [0.1, 0.15) is 12.6 Å². The SMILES string of the molecule is CC(C=O)C(=O)C(C)C=O. The lowest BCUT2D eigenvalue weighted by molar-refractivity contribution is -0.131. The molecule has 0 aromatic carbocycles. The third-order valence-electron chi connectivity index (χ3n) is 1.31. The Balaban J connectivity index is 4.06. The van der Waals surface area contributed by atoms with Crippen LogP contribution in [0.25, 0.3) is 0 Å². The van der Waals surface area contributed by atoms with Crippen LogP contribution in [0.4, 0.5) is 0 Å². The van der Waals surface area contributed by atoms with Gasteiger partial charge in [-0.25, -0.2) is 0 Å². The van der Waals surface area contributed by atoms with E-state index in [4.69, 9.17) is 0 Å². The van der Waals surface area contributed by atoms with Gasteiger partial charge in [0.2, 0.25) is 0 Å². The van der Waals surface area contributed by atoms with E-state index in [9.17, 15) is 14.4 Å². The van der Waals surface area contributed by atoms with Gasteiger partial charge in [-0.2, -0.15) is 0 Å². The monoisotopic (exact) mass is 142 g/mol. The van der Waals surface area contributed by atoms with Crippen LogP contribution in [0.2, 0.25) is 0 Å². The molecule has 0 amide bonds. The maximum atomic E-state index is 10.8. The Kier molecular flexibility index (Phi) is 3.54. The van der Waals surface area contributed by atoms with Crippen LogP contribution in [-0.4, -0.2) is 18.4 Å². The lowest BCUT2D eigenvalue weighted by atomic mass is 9.98. The minimum absolute atomic E-state index is 0.315. The Morgan fingerprint density at radius 2 is 1.40 bits per heavy atom. The summed E-state index contributed by atoms with van der Waals surface area (Å²) in [5.74, 6) is -1.62. The quantitative estimate of drug-likeness (QED) is 0.417. The van der Waals surface area contributed by atoms with Crippen LogP contribution in [0.15, 0.2) is 0 Å². The van der Waals surface area contributed by atoms with Crippen molar-refractivity contribution in [2.24, 2.45) is 11.8 Å². The summed E-state index contributed by atoms with van der Waals surface area (Å²) in [5, 5.41) is 0. The van der Waals surface area contributed by atoms with Crippen LogP contribution in [-0.2, 0) is 14.4 Å². The van der Waals surface area contributed by atoms with Gasteiger partial charge in [-0.15, -0.1) is 0 Å². The van der Waals surface area contributed by atoms with E-state index >= 15 is 0 Å². The van der Waals surface area contributed by atoms with E-state index in [1.807, 2.05) is 0 Å². The fourth-order valence-electron chi connectivity index (χ4n) is 0.549. The minimum atomic E-state index is -0.653. The first-order chi connectivity index (χ1) is 4.63. The Labute approximate surface area is 59.4 Å². The Hall–Kier alpha value is -0.990. The average Bonchev–Trinajstić information content (AvgIpc) is 2.00. The predicted octanol–water partition coefficient (Wildman–Crippen LogP) is 0.226. The molecule has 2 unspecified atom stereocenters. The molecule has 0 saturated heterocycles. The van der Waals surface area contributed by atoms with E-state index in [2.05, 4.69) is 0 Å². The van der Waals surface area contributed by atoms with Crippen molar-refractivity contribution in [1.82, 2.24) is 0 Å². The Morgan fingerprint density at radius 1 is 1.10 bits per heavy atom. The zero-order valence-corrected chi connectivity index (χ0v) is 6.03. The zero-order chi connectivity index (χ0) is 8.15. The van der Waals surface area contributed by atoms with Gasteiger partial charge in [0.25, 0.3) is 0 Å². The van der Waals surface area contributed by atoms with E-state index < -0.39 is 11.8 Å². The van der Waals surface area contributed by atoms with Gasteiger partial charge in [-0.05, 0) is 13.8 Å². The van der Waals surface area contributed by atoms with Crippen molar-refractivity contribution in [2.75, 3.05) is 0 Å². The molecular formula is C7H10O3. The summed E-state index contributed by atoms with van der Waals surface area (Å²) in [6.45, 7) is 2.96. The third kappa shape index (κ3) is 2.09. The smallest absolute Gasteiger partial charge is 0.152 e. The van der Waals surface area contributed by atoms with E-state index in [0.29, 0.717) is 12.6 Å². The first kappa shape index (κ1) is 9.01. The molecule has 0 aliphatic rings. The van der Waals surface area contributed by atoms with Gasteiger partial charge in [0, 0.05) is 0 Å².